The molecule has 5 rings (SSSR count). The minimum absolute atomic E-state index is 0.00726. The predicted molar refractivity (Wildman–Crippen MR) is 236 cm³/mol. The Hall–Kier alpha value is -4.22. The number of benzene rings is 2. The number of aliphatic hydroxyl groups excluding tert-OH is 2. The van der Waals surface area contributed by atoms with E-state index in [0.717, 1.165) is 0 Å². The quantitative estimate of drug-likeness (QED) is 0.0345. The van der Waals surface area contributed by atoms with Crippen molar-refractivity contribution in [3.63, 3.8) is 0 Å². The van der Waals surface area contributed by atoms with Gasteiger partial charge in [-0.3, -0.25) is 24.0 Å². The van der Waals surface area contributed by atoms with Gasteiger partial charge >= 0.3 is 0 Å². The van der Waals surface area contributed by atoms with Gasteiger partial charge in [-0.1, -0.05) is 26.0 Å². The molecule has 0 spiro atoms. The van der Waals surface area contributed by atoms with E-state index in [-0.39, 0.29) is 79.2 Å². The number of amides is 2. The van der Waals surface area contributed by atoms with Crippen LogP contribution in [-0.2, 0) is 54.0 Å². The van der Waals surface area contributed by atoms with Crippen LogP contribution in [0.5, 0.6) is 17.2 Å². The van der Waals surface area contributed by atoms with Gasteiger partial charge in [-0.05, 0) is 25.8 Å². The van der Waals surface area contributed by atoms with Crippen molar-refractivity contribution in [2.45, 2.75) is 83.5 Å². The molecular formula is C45H64N2O17S. The van der Waals surface area contributed by atoms with Crippen molar-refractivity contribution in [2.24, 2.45) is 5.92 Å². The maximum absolute atomic E-state index is 13.9. The van der Waals surface area contributed by atoms with Gasteiger partial charge in [0, 0.05) is 54.2 Å². The van der Waals surface area contributed by atoms with E-state index in [1.54, 1.807) is 6.92 Å². The molecule has 20 heteroatoms. The van der Waals surface area contributed by atoms with Gasteiger partial charge in [0.05, 0.1) is 108 Å². The molecule has 0 aromatic heterocycles. The number of nitrogens with one attached hydrogen (secondary N) is 2. The summed E-state index contributed by atoms with van der Waals surface area (Å²) in [5, 5.41) is 49.5. The van der Waals surface area contributed by atoms with Crippen LogP contribution in [0.25, 0.3) is 0 Å². The molecule has 1 heterocycles. The van der Waals surface area contributed by atoms with Gasteiger partial charge in [0.1, 0.15) is 30.0 Å². The zero-order valence-corrected chi connectivity index (χ0v) is 38.4. The van der Waals surface area contributed by atoms with E-state index in [1.165, 1.54) is 25.3 Å². The van der Waals surface area contributed by atoms with Gasteiger partial charge in [-0.2, -0.15) is 12.6 Å². The molecule has 362 valence electrons. The SMILES string of the molecule is CC.COc1cccc2c1C(=O)c1c(O)c3c(c(O)c1C2=O)CC(C(=O)CO)C[C@@H]3O[C@H]1CC(NC(=O)CCC(=O)NCCOCCOCCOCCOCCOCCS)C(O)C(C)O1. The average molecular weight is 937 g/mol. The lowest BCUT2D eigenvalue weighted by atomic mass is 9.73. The van der Waals surface area contributed by atoms with E-state index in [4.69, 9.17) is 37.9 Å². The van der Waals surface area contributed by atoms with Crippen LogP contribution in [0.2, 0.25) is 0 Å². The highest BCUT2D eigenvalue weighted by molar-refractivity contribution is 7.80. The normalized spacial score (nSPS) is 21.0. The number of thiol groups is 1. The first-order valence-electron chi connectivity index (χ1n) is 22.0. The van der Waals surface area contributed by atoms with E-state index in [9.17, 15) is 44.4 Å². The summed E-state index contributed by atoms with van der Waals surface area (Å²) in [7, 11) is 1.33. The highest BCUT2D eigenvalue weighted by Gasteiger charge is 2.45. The van der Waals surface area contributed by atoms with E-state index in [2.05, 4.69) is 23.3 Å². The molecule has 0 bridgehead atoms. The van der Waals surface area contributed by atoms with Crippen LogP contribution in [0.1, 0.15) is 95.5 Å². The maximum Gasteiger partial charge on any atom is 0.220 e. The summed E-state index contributed by atoms with van der Waals surface area (Å²) < 4.78 is 44.6. The lowest BCUT2D eigenvalue weighted by Crippen LogP contribution is -2.55. The largest absolute Gasteiger partial charge is 0.507 e. The van der Waals surface area contributed by atoms with Crippen molar-refractivity contribution in [2.75, 3.05) is 92.1 Å². The summed E-state index contributed by atoms with van der Waals surface area (Å²) in [5.74, 6) is -4.38. The minimum Gasteiger partial charge on any atom is -0.507 e. The van der Waals surface area contributed by atoms with E-state index < -0.39 is 89.1 Å². The predicted octanol–water partition coefficient (Wildman–Crippen LogP) is 1.98. The molecule has 6 N–H and O–H groups in total. The summed E-state index contributed by atoms with van der Waals surface area (Å²) in [4.78, 5) is 66.0. The summed E-state index contributed by atoms with van der Waals surface area (Å²) in [6.45, 7) is 9.17. The molecule has 0 saturated carbocycles. The fraction of sp³-hybridized carbons (Fsp3) is 0.622. The van der Waals surface area contributed by atoms with Crippen LogP contribution >= 0.6 is 12.6 Å². The van der Waals surface area contributed by atoms with Crippen molar-refractivity contribution < 1.29 is 82.3 Å². The van der Waals surface area contributed by atoms with Gasteiger partial charge in [0.15, 0.2) is 17.9 Å². The number of rotatable bonds is 26. The van der Waals surface area contributed by atoms with Crippen LogP contribution in [-0.4, -0.2) is 166 Å². The number of methoxy groups -OCH3 is 1. The number of carbonyl (C=O) groups excluding carboxylic acids is 5. The van der Waals surface area contributed by atoms with Crippen LogP contribution in [0, 0.1) is 5.92 Å². The van der Waals surface area contributed by atoms with Crippen LogP contribution < -0.4 is 15.4 Å². The van der Waals surface area contributed by atoms with Crippen LogP contribution in [0.3, 0.4) is 0 Å². The Bertz CT molecular complexity index is 1910. The molecular weight excluding hydrogens is 873 g/mol. The number of hydrogen-bond acceptors (Lipinski definition) is 18. The molecule has 1 saturated heterocycles. The first kappa shape index (κ1) is 53.4. The number of fused-ring (bicyclic) bond motifs is 3. The van der Waals surface area contributed by atoms with Gasteiger partial charge in [-0.15, -0.1) is 0 Å². The zero-order valence-electron chi connectivity index (χ0n) is 37.5. The van der Waals surface area contributed by atoms with Crippen molar-refractivity contribution in [3.05, 3.63) is 51.6 Å². The van der Waals surface area contributed by atoms with E-state index >= 15 is 0 Å². The van der Waals surface area contributed by atoms with Crippen molar-refractivity contribution in [1.29, 1.82) is 0 Å². The number of aromatic hydroxyl groups is 2. The second-order valence-corrected chi connectivity index (χ2v) is 15.5. The molecule has 3 aliphatic rings. The summed E-state index contributed by atoms with van der Waals surface area (Å²) in [5.41, 5.74) is -1.05. The van der Waals surface area contributed by atoms with Gasteiger partial charge in [0.2, 0.25) is 17.6 Å². The lowest BCUT2D eigenvalue weighted by Gasteiger charge is -2.41. The third-order valence-corrected chi connectivity index (χ3v) is 11.1. The number of Topliss-reactive ketones (excluding diaryl/α,β-unsaturated/α-hetero) is 1. The van der Waals surface area contributed by atoms with Crippen molar-refractivity contribution in [3.8, 4) is 17.2 Å². The molecule has 2 aromatic rings. The van der Waals surface area contributed by atoms with Gasteiger partial charge in [0.25, 0.3) is 0 Å². The minimum atomic E-state index is -1.22. The Morgan fingerprint density at radius 1 is 0.800 bits per heavy atom. The third kappa shape index (κ3) is 14.4. The molecule has 6 atom stereocenters. The van der Waals surface area contributed by atoms with E-state index in [0.29, 0.717) is 65.2 Å². The number of hydrogen-bond donors (Lipinski definition) is 7. The fourth-order valence-electron chi connectivity index (χ4n) is 7.74. The Morgan fingerprint density at radius 2 is 1.38 bits per heavy atom. The molecule has 65 heavy (non-hydrogen) atoms. The first-order chi connectivity index (χ1) is 31.4. The van der Waals surface area contributed by atoms with Gasteiger partial charge in [-0.25, -0.2) is 0 Å². The van der Waals surface area contributed by atoms with Crippen LogP contribution in [0.15, 0.2) is 18.2 Å². The Balaban J connectivity index is 0.00000456. The topological polar surface area (TPSA) is 264 Å². The Labute approximate surface area is 384 Å². The molecule has 2 aromatic carbocycles. The molecule has 1 aliphatic heterocycles. The fourth-order valence-corrected chi connectivity index (χ4v) is 7.87. The molecule has 0 radical (unpaired) electrons. The van der Waals surface area contributed by atoms with Crippen molar-refractivity contribution >= 4 is 41.8 Å². The number of ether oxygens (including phenoxy) is 8. The first-order valence-corrected chi connectivity index (χ1v) is 22.6. The Kier molecular flexibility index (Phi) is 22.5. The summed E-state index contributed by atoms with van der Waals surface area (Å²) in [6, 6.07) is 3.50. The smallest absolute Gasteiger partial charge is 0.220 e. The third-order valence-electron chi connectivity index (χ3n) is 10.9. The highest BCUT2D eigenvalue weighted by Crippen LogP contribution is 2.51. The molecule has 2 amide bonds. The molecule has 2 aliphatic carbocycles. The second-order valence-electron chi connectivity index (χ2n) is 15.1. The van der Waals surface area contributed by atoms with Crippen LogP contribution in [0.4, 0.5) is 0 Å². The highest BCUT2D eigenvalue weighted by atomic mass is 32.1. The number of phenols is 2. The second kappa shape index (κ2) is 27.4. The molecule has 4 unspecified atom stereocenters. The number of phenolic OH excluding ortho intramolecular Hbond substituents is 2. The van der Waals surface area contributed by atoms with Crippen molar-refractivity contribution in [1.82, 2.24) is 10.6 Å². The Morgan fingerprint density at radius 3 is 1.98 bits per heavy atom. The average Bonchev–Trinajstić information content (AvgIpc) is 3.31. The van der Waals surface area contributed by atoms with E-state index in [1.807, 2.05) is 13.8 Å². The number of ketones is 3. The summed E-state index contributed by atoms with van der Waals surface area (Å²) in [6.07, 6.45) is -5.15. The maximum atomic E-state index is 13.9. The lowest BCUT2D eigenvalue weighted by molar-refractivity contribution is -0.245. The number of aliphatic hydroxyl groups is 2. The number of carbonyl (C=O) groups is 5. The summed E-state index contributed by atoms with van der Waals surface area (Å²) >= 11 is 4.06. The van der Waals surface area contributed by atoms with Gasteiger partial charge < -0.3 is 69.0 Å². The molecule has 1 fully saturated rings. The standard InChI is InChI=1S/C43H58N2O17S.C2H6/c1-24-39(50)28(45-33(49)7-6-32(48)44-8-9-56-10-11-57-12-13-58-14-15-59-16-17-60-18-19-63)22-34(61-24)62-31-21-25(29(47)23-46)20-27-36(31)43(54)38-37(41(27)52)40(51)26-4-3-5-30(55-2)35(26)42(38)53;1-2/h3-5,24-25,28,31,34,39,46,50,52,54,63H,6-23H2,1-2H3,(H,44,48)(H,45,49);1-2H3/t24?,25?,28?,31-,34-,39?;/m0./s1. The monoisotopic (exact) mass is 936 g/mol. The zero-order chi connectivity index (χ0) is 47.5. The molecule has 19 nitrogen and oxygen atoms in total.